The predicted octanol–water partition coefficient (Wildman–Crippen LogP) is 3.45. The van der Waals surface area contributed by atoms with E-state index in [0.717, 1.165) is 11.1 Å². The molecule has 0 amide bonds. The fourth-order valence-electron chi connectivity index (χ4n) is 2.34. The van der Waals surface area contributed by atoms with Crippen molar-refractivity contribution in [3.05, 3.63) is 82.2 Å². The molecule has 2 aromatic rings. The maximum Gasteiger partial charge on any atom is 0.313 e. The van der Waals surface area contributed by atoms with Crippen molar-refractivity contribution in [1.82, 2.24) is 4.90 Å². The Balaban J connectivity index is 2.16. The van der Waals surface area contributed by atoms with Crippen molar-refractivity contribution in [3.8, 4) is 0 Å². The minimum absolute atomic E-state index is 0.156. The van der Waals surface area contributed by atoms with Gasteiger partial charge >= 0.3 is 5.97 Å². The molecular weight excluding hydrogens is 292 g/mol. The monoisotopic (exact) mass is 310 g/mol. The van der Waals surface area contributed by atoms with E-state index >= 15 is 0 Å². The Morgan fingerprint density at radius 2 is 1.52 bits per heavy atom. The Morgan fingerprint density at radius 3 is 1.91 bits per heavy atom. The number of hydrogen-bond donors (Lipinski definition) is 1. The highest BCUT2D eigenvalue weighted by Gasteiger charge is 2.20. The molecule has 1 N–H and O–H groups in total. The van der Waals surface area contributed by atoms with Gasteiger partial charge in [0, 0.05) is 24.5 Å². The zero-order valence-corrected chi connectivity index (χ0v) is 12.6. The van der Waals surface area contributed by atoms with Crippen molar-refractivity contribution in [2.24, 2.45) is 5.11 Å². The molecule has 0 aliphatic heterocycles. The molecule has 1 atom stereocenters. The summed E-state index contributed by atoms with van der Waals surface area (Å²) >= 11 is 0. The van der Waals surface area contributed by atoms with E-state index < -0.39 is 12.0 Å². The Bertz CT molecular complexity index is 626. The zero-order valence-electron chi connectivity index (χ0n) is 12.6. The topological polar surface area (TPSA) is 89.3 Å². The van der Waals surface area contributed by atoms with E-state index in [1.54, 1.807) is 0 Å². The molecule has 0 radical (unpaired) electrons. The smallest absolute Gasteiger partial charge is 0.313 e. The number of carbonyl (C=O) groups is 1. The number of carboxylic acid groups (broad SMARTS) is 1. The van der Waals surface area contributed by atoms with E-state index in [-0.39, 0.29) is 6.54 Å². The van der Waals surface area contributed by atoms with Gasteiger partial charge in [0.1, 0.15) is 6.04 Å². The van der Waals surface area contributed by atoms with Crippen LogP contribution in [0.5, 0.6) is 0 Å². The van der Waals surface area contributed by atoms with E-state index in [0.29, 0.717) is 13.1 Å². The van der Waals surface area contributed by atoms with Crippen LogP contribution >= 0.6 is 0 Å². The molecular formula is C17H18N4O2. The first-order valence-electron chi connectivity index (χ1n) is 7.26. The summed E-state index contributed by atoms with van der Waals surface area (Å²) < 4.78 is 0. The third kappa shape index (κ3) is 5.47. The lowest BCUT2D eigenvalue weighted by molar-refractivity contribution is -0.139. The van der Waals surface area contributed by atoms with Crippen LogP contribution in [0.1, 0.15) is 11.1 Å². The van der Waals surface area contributed by atoms with E-state index in [2.05, 4.69) is 10.0 Å². The minimum atomic E-state index is -1.12. The van der Waals surface area contributed by atoms with Crippen LogP contribution in [0.3, 0.4) is 0 Å². The molecule has 0 saturated heterocycles. The Labute approximate surface area is 134 Å². The summed E-state index contributed by atoms with van der Waals surface area (Å²) in [4.78, 5) is 15.9. The molecule has 0 spiro atoms. The van der Waals surface area contributed by atoms with Crippen molar-refractivity contribution in [2.45, 2.75) is 19.1 Å². The molecule has 1 unspecified atom stereocenters. The first kappa shape index (κ1) is 16.5. The largest absolute Gasteiger partial charge is 0.481 e. The van der Waals surface area contributed by atoms with Crippen LogP contribution in [0.4, 0.5) is 0 Å². The van der Waals surface area contributed by atoms with Gasteiger partial charge in [-0.1, -0.05) is 65.8 Å². The lowest BCUT2D eigenvalue weighted by Crippen LogP contribution is -2.35. The molecule has 2 rings (SSSR count). The molecule has 6 nitrogen and oxygen atoms in total. The van der Waals surface area contributed by atoms with Gasteiger partial charge in [-0.25, -0.2) is 0 Å². The van der Waals surface area contributed by atoms with Gasteiger partial charge in [0.25, 0.3) is 0 Å². The van der Waals surface area contributed by atoms with Crippen molar-refractivity contribution in [1.29, 1.82) is 0 Å². The average Bonchev–Trinajstić information content (AvgIpc) is 2.56. The molecule has 6 heteroatoms. The van der Waals surface area contributed by atoms with Gasteiger partial charge in [-0.15, -0.1) is 0 Å². The van der Waals surface area contributed by atoms with Crippen molar-refractivity contribution in [3.63, 3.8) is 0 Å². The van der Waals surface area contributed by atoms with Gasteiger partial charge in [0.15, 0.2) is 0 Å². The first-order chi connectivity index (χ1) is 11.2. The van der Waals surface area contributed by atoms with Crippen LogP contribution in [0.15, 0.2) is 65.8 Å². The Hall–Kier alpha value is -2.82. The van der Waals surface area contributed by atoms with Crippen molar-refractivity contribution < 1.29 is 9.90 Å². The van der Waals surface area contributed by atoms with Gasteiger partial charge in [0.05, 0.1) is 0 Å². The number of benzene rings is 2. The fourth-order valence-corrected chi connectivity index (χ4v) is 2.34. The highest BCUT2D eigenvalue weighted by Crippen LogP contribution is 2.12. The Morgan fingerprint density at radius 1 is 1.04 bits per heavy atom. The molecule has 0 bridgehead atoms. The average molecular weight is 310 g/mol. The fraction of sp³-hybridized carbons (Fsp3) is 0.235. The number of azide groups is 1. The molecule has 2 aromatic carbocycles. The lowest BCUT2D eigenvalue weighted by atomic mass is 10.1. The third-order valence-corrected chi connectivity index (χ3v) is 3.41. The van der Waals surface area contributed by atoms with E-state index in [1.807, 2.05) is 65.6 Å². The predicted molar refractivity (Wildman–Crippen MR) is 87.6 cm³/mol. The second-order valence-corrected chi connectivity index (χ2v) is 5.20. The van der Waals surface area contributed by atoms with Crippen LogP contribution in [0, 0.1) is 0 Å². The van der Waals surface area contributed by atoms with Crippen LogP contribution in [-0.4, -0.2) is 28.6 Å². The zero-order chi connectivity index (χ0) is 16.5. The van der Waals surface area contributed by atoms with Gasteiger partial charge in [-0.2, -0.15) is 0 Å². The molecule has 0 saturated carbocycles. The van der Waals surface area contributed by atoms with E-state index in [9.17, 15) is 9.90 Å². The van der Waals surface area contributed by atoms with Crippen LogP contribution < -0.4 is 0 Å². The molecule has 0 fully saturated rings. The molecule has 23 heavy (non-hydrogen) atoms. The summed E-state index contributed by atoms with van der Waals surface area (Å²) in [5.74, 6) is -1.12. The maximum absolute atomic E-state index is 11.2. The van der Waals surface area contributed by atoms with Crippen molar-refractivity contribution >= 4 is 5.97 Å². The molecule has 118 valence electrons. The SMILES string of the molecule is [N-]=[N+]=NC(CN(Cc1ccccc1)Cc1ccccc1)C(=O)O. The highest BCUT2D eigenvalue weighted by molar-refractivity contribution is 5.73. The van der Waals surface area contributed by atoms with E-state index in [1.165, 1.54) is 0 Å². The molecule has 0 aliphatic carbocycles. The summed E-state index contributed by atoms with van der Waals surface area (Å²) in [7, 11) is 0. The summed E-state index contributed by atoms with van der Waals surface area (Å²) in [6, 6.07) is 18.5. The molecule has 0 aliphatic rings. The summed E-state index contributed by atoms with van der Waals surface area (Å²) in [5.41, 5.74) is 10.7. The standard InChI is InChI=1S/C17H18N4O2/c18-20-19-16(17(22)23)13-21(11-14-7-3-1-4-8-14)12-15-9-5-2-6-10-15/h1-10,16H,11-13H2,(H,22,23). The number of hydrogen-bond acceptors (Lipinski definition) is 3. The van der Waals surface area contributed by atoms with Gasteiger partial charge in [-0.3, -0.25) is 9.69 Å². The number of carboxylic acids is 1. The normalized spacial score (nSPS) is 11.7. The van der Waals surface area contributed by atoms with E-state index in [4.69, 9.17) is 5.53 Å². The Kier molecular flexibility index (Phi) is 6.17. The second kappa shape index (κ2) is 8.58. The van der Waals surface area contributed by atoms with Gasteiger partial charge in [-0.05, 0) is 16.7 Å². The summed E-state index contributed by atoms with van der Waals surface area (Å²) in [6.45, 7) is 1.32. The van der Waals surface area contributed by atoms with Gasteiger partial charge in [0.2, 0.25) is 0 Å². The number of aliphatic carboxylic acids is 1. The first-order valence-corrected chi connectivity index (χ1v) is 7.26. The highest BCUT2D eigenvalue weighted by atomic mass is 16.4. The number of rotatable bonds is 8. The van der Waals surface area contributed by atoms with Crippen LogP contribution in [-0.2, 0) is 17.9 Å². The molecule has 0 aromatic heterocycles. The molecule has 0 heterocycles. The second-order valence-electron chi connectivity index (χ2n) is 5.20. The van der Waals surface area contributed by atoms with Crippen LogP contribution in [0.25, 0.3) is 10.4 Å². The summed E-state index contributed by atoms with van der Waals surface area (Å²) in [5, 5.41) is 12.6. The maximum atomic E-state index is 11.2. The van der Waals surface area contributed by atoms with Crippen LogP contribution in [0.2, 0.25) is 0 Å². The quantitative estimate of drug-likeness (QED) is 0.460. The lowest BCUT2D eigenvalue weighted by Gasteiger charge is -2.24. The number of nitrogens with zero attached hydrogens (tertiary/aromatic N) is 4. The minimum Gasteiger partial charge on any atom is -0.481 e. The third-order valence-electron chi connectivity index (χ3n) is 3.41. The summed E-state index contributed by atoms with van der Waals surface area (Å²) in [6.07, 6.45) is 0. The van der Waals surface area contributed by atoms with Gasteiger partial charge < -0.3 is 5.11 Å². The van der Waals surface area contributed by atoms with Crippen molar-refractivity contribution in [2.75, 3.05) is 6.54 Å².